The number of aryl methyl sites for hydroxylation is 1. The molecule has 1 aromatic carbocycles. The second-order valence-electron chi connectivity index (χ2n) is 4.06. The standard InChI is InChI=1S/C12H13N3O2/c1-14(6-5-13)8-9-3-4-11-10(7-9)15(2)12(16)17-11/h3-4,7H,6,8H2,1-2H3. The van der Waals surface area contributed by atoms with Gasteiger partial charge in [0, 0.05) is 13.6 Å². The number of nitrogens with zero attached hydrogens (tertiary/aromatic N) is 3. The van der Waals surface area contributed by atoms with E-state index in [1.807, 2.05) is 24.1 Å². The zero-order chi connectivity index (χ0) is 12.4. The lowest BCUT2D eigenvalue weighted by Gasteiger charge is -2.12. The minimum Gasteiger partial charge on any atom is -0.408 e. The molecule has 17 heavy (non-hydrogen) atoms. The molecule has 0 aliphatic heterocycles. The Labute approximate surface area is 98.5 Å². The van der Waals surface area contributed by atoms with Gasteiger partial charge >= 0.3 is 5.76 Å². The van der Waals surface area contributed by atoms with Gasteiger partial charge < -0.3 is 4.42 Å². The van der Waals surface area contributed by atoms with E-state index < -0.39 is 0 Å². The van der Waals surface area contributed by atoms with Gasteiger partial charge in [-0.05, 0) is 24.7 Å². The summed E-state index contributed by atoms with van der Waals surface area (Å²) in [7, 11) is 3.55. The van der Waals surface area contributed by atoms with E-state index in [-0.39, 0.29) is 5.76 Å². The van der Waals surface area contributed by atoms with Crippen LogP contribution in [0.5, 0.6) is 0 Å². The third-order valence-corrected chi connectivity index (χ3v) is 2.65. The Kier molecular flexibility index (Phi) is 2.98. The van der Waals surface area contributed by atoms with Crippen LogP contribution in [-0.4, -0.2) is 23.1 Å². The smallest absolute Gasteiger partial charge is 0.408 e. The van der Waals surface area contributed by atoms with Gasteiger partial charge in [-0.1, -0.05) is 6.07 Å². The van der Waals surface area contributed by atoms with Crippen LogP contribution in [0.2, 0.25) is 0 Å². The van der Waals surface area contributed by atoms with Gasteiger partial charge in [-0.15, -0.1) is 0 Å². The van der Waals surface area contributed by atoms with Crippen LogP contribution in [0.1, 0.15) is 5.56 Å². The van der Waals surface area contributed by atoms with Crippen LogP contribution >= 0.6 is 0 Å². The van der Waals surface area contributed by atoms with Gasteiger partial charge in [0.05, 0.1) is 18.1 Å². The van der Waals surface area contributed by atoms with Crippen LogP contribution in [0.15, 0.2) is 27.4 Å². The first-order valence-electron chi connectivity index (χ1n) is 5.26. The molecule has 0 saturated carbocycles. The first-order chi connectivity index (χ1) is 8.11. The average molecular weight is 231 g/mol. The number of aromatic nitrogens is 1. The maximum Gasteiger partial charge on any atom is 0.419 e. The molecule has 0 fully saturated rings. The molecule has 5 heteroatoms. The molecule has 0 saturated heterocycles. The fraction of sp³-hybridized carbons (Fsp3) is 0.333. The summed E-state index contributed by atoms with van der Waals surface area (Å²) in [5.41, 5.74) is 2.41. The Morgan fingerprint density at radius 3 is 3.00 bits per heavy atom. The van der Waals surface area contributed by atoms with E-state index in [4.69, 9.17) is 9.68 Å². The van der Waals surface area contributed by atoms with Gasteiger partial charge in [0.25, 0.3) is 0 Å². The molecule has 1 heterocycles. The molecular weight excluding hydrogens is 218 g/mol. The molecule has 0 atom stereocenters. The van der Waals surface area contributed by atoms with E-state index >= 15 is 0 Å². The molecule has 0 N–H and O–H groups in total. The summed E-state index contributed by atoms with van der Waals surface area (Å²) in [4.78, 5) is 13.2. The monoisotopic (exact) mass is 231 g/mol. The highest BCUT2D eigenvalue weighted by atomic mass is 16.4. The lowest BCUT2D eigenvalue weighted by atomic mass is 10.2. The molecule has 0 spiro atoms. The molecular formula is C12H13N3O2. The topological polar surface area (TPSA) is 62.2 Å². The van der Waals surface area contributed by atoms with Crippen molar-refractivity contribution < 1.29 is 4.42 Å². The van der Waals surface area contributed by atoms with E-state index in [1.54, 1.807) is 13.1 Å². The number of oxazole rings is 1. The second-order valence-corrected chi connectivity index (χ2v) is 4.06. The molecule has 0 aliphatic carbocycles. The SMILES string of the molecule is CN(CC#N)Cc1ccc2oc(=O)n(C)c2c1. The summed E-state index contributed by atoms with van der Waals surface area (Å²) < 4.78 is 6.52. The Balaban J connectivity index is 2.35. The summed E-state index contributed by atoms with van der Waals surface area (Å²) in [5, 5.41) is 8.58. The van der Waals surface area contributed by atoms with Crippen molar-refractivity contribution in [1.82, 2.24) is 9.47 Å². The van der Waals surface area contributed by atoms with Crippen LogP contribution < -0.4 is 5.76 Å². The van der Waals surface area contributed by atoms with Gasteiger partial charge in [0.2, 0.25) is 0 Å². The lowest BCUT2D eigenvalue weighted by Crippen LogP contribution is -2.17. The highest BCUT2D eigenvalue weighted by molar-refractivity contribution is 5.73. The van der Waals surface area contributed by atoms with E-state index in [2.05, 4.69) is 6.07 Å². The van der Waals surface area contributed by atoms with Crippen LogP contribution in [0.25, 0.3) is 11.1 Å². The molecule has 0 bridgehead atoms. The highest BCUT2D eigenvalue weighted by Gasteiger charge is 2.07. The van der Waals surface area contributed by atoms with E-state index in [0.717, 1.165) is 11.1 Å². The maximum atomic E-state index is 11.3. The first kappa shape index (κ1) is 11.4. The summed E-state index contributed by atoms with van der Waals surface area (Å²) in [5.74, 6) is -0.359. The van der Waals surface area contributed by atoms with Gasteiger partial charge in [0.1, 0.15) is 0 Å². The number of fused-ring (bicyclic) bond motifs is 1. The van der Waals surface area contributed by atoms with Crippen molar-refractivity contribution in [3.8, 4) is 6.07 Å². The number of hydrogen-bond acceptors (Lipinski definition) is 4. The van der Waals surface area contributed by atoms with Crippen LogP contribution in [0.4, 0.5) is 0 Å². The predicted octanol–water partition coefficient (Wildman–Crippen LogP) is 1.09. The second kappa shape index (κ2) is 4.44. The fourth-order valence-corrected chi connectivity index (χ4v) is 1.76. The van der Waals surface area contributed by atoms with Crippen molar-refractivity contribution in [1.29, 1.82) is 5.26 Å². The van der Waals surface area contributed by atoms with Crippen LogP contribution in [0, 0.1) is 11.3 Å². The zero-order valence-corrected chi connectivity index (χ0v) is 9.80. The van der Waals surface area contributed by atoms with Gasteiger partial charge in [-0.2, -0.15) is 5.26 Å². The van der Waals surface area contributed by atoms with Crippen molar-refractivity contribution in [3.63, 3.8) is 0 Å². The number of rotatable bonds is 3. The normalized spacial score (nSPS) is 10.9. The minimum absolute atomic E-state index is 0.359. The summed E-state index contributed by atoms with van der Waals surface area (Å²) >= 11 is 0. The van der Waals surface area contributed by atoms with Crippen molar-refractivity contribution in [2.24, 2.45) is 7.05 Å². The minimum atomic E-state index is -0.359. The summed E-state index contributed by atoms with van der Waals surface area (Å²) in [6.45, 7) is 1.05. The quantitative estimate of drug-likeness (QED) is 0.742. The fourth-order valence-electron chi connectivity index (χ4n) is 1.76. The lowest BCUT2D eigenvalue weighted by molar-refractivity contribution is 0.367. The first-order valence-corrected chi connectivity index (χ1v) is 5.26. The zero-order valence-electron chi connectivity index (χ0n) is 9.80. The molecule has 0 unspecified atom stereocenters. The molecule has 2 rings (SSSR count). The summed E-state index contributed by atoms with van der Waals surface area (Å²) in [6, 6.07) is 7.69. The van der Waals surface area contributed by atoms with E-state index in [1.165, 1.54) is 4.57 Å². The highest BCUT2D eigenvalue weighted by Crippen LogP contribution is 2.15. The van der Waals surface area contributed by atoms with Gasteiger partial charge in [-0.25, -0.2) is 4.79 Å². The molecule has 0 amide bonds. The average Bonchev–Trinajstić information content (AvgIpc) is 2.56. The van der Waals surface area contributed by atoms with Crippen LogP contribution in [-0.2, 0) is 13.6 Å². The van der Waals surface area contributed by atoms with Crippen molar-refractivity contribution in [2.75, 3.05) is 13.6 Å². The largest absolute Gasteiger partial charge is 0.419 e. The Morgan fingerprint density at radius 1 is 1.53 bits per heavy atom. The number of hydrogen-bond donors (Lipinski definition) is 0. The van der Waals surface area contributed by atoms with Gasteiger partial charge in [-0.3, -0.25) is 9.47 Å². The van der Waals surface area contributed by atoms with E-state index in [9.17, 15) is 4.79 Å². The predicted molar refractivity (Wildman–Crippen MR) is 63.4 cm³/mol. The molecule has 5 nitrogen and oxygen atoms in total. The van der Waals surface area contributed by atoms with Crippen molar-refractivity contribution in [2.45, 2.75) is 6.54 Å². The number of benzene rings is 1. The molecule has 88 valence electrons. The Morgan fingerprint density at radius 2 is 2.29 bits per heavy atom. The van der Waals surface area contributed by atoms with Crippen LogP contribution in [0.3, 0.4) is 0 Å². The number of nitriles is 1. The molecule has 1 aromatic heterocycles. The maximum absolute atomic E-state index is 11.3. The third kappa shape index (κ3) is 2.22. The molecule has 2 aromatic rings. The summed E-state index contributed by atoms with van der Waals surface area (Å²) in [6.07, 6.45) is 0. The van der Waals surface area contributed by atoms with Gasteiger partial charge in [0.15, 0.2) is 5.58 Å². The third-order valence-electron chi connectivity index (χ3n) is 2.65. The molecule has 0 radical (unpaired) electrons. The molecule has 0 aliphatic rings. The van der Waals surface area contributed by atoms with Crippen molar-refractivity contribution in [3.05, 3.63) is 34.3 Å². The van der Waals surface area contributed by atoms with E-state index in [0.29, 0.717) is 18.7 Å². The Bertz CT molecular complexity index is 633. The Hall–Kier alpha value is -2.06. The van der Waals surface area contributed by atoms with Crippen molar-refractivity contribution >= 4 is 11.1 Å².